The molecule has 0 aliphatic heterocycles. The van der Waals surface area contributed by atoms with E-state index in [1.165, 1.54) is 70.6 Å². The van der Waals surface area contributed by atoms with Crippen molar-refractivity contribution in [3.8, 4) is 0 Å². The maximum atomic E-state index is 8.89. The number of carbonyl (C=O) groups excluding carboxylic acids is 1. The van der Waals surface area contributed by atoms with Crippen LogP contribution in [-0.4, -0.2) is 10.5 Å². The van der Waals surface area contributed by atoms with Gasteiger partial charge in [-0.15, -0.1) is 0 Å². The highest BCUT2D eigenvalue weighted by atomic mass is 16.4. The molecule has 1 aromatic heterocycles. The first-order chi connectivity index (χ1) is 13.6. The van der Waals surface area contributed by atoms with E-state index in [4.69, 9.17) is 9.90 Å². The minimum Gasteiger partial charge on any atom is -0.550 e. The molecule has 170 valence electrons. The zero-order valence-corrected chi connectivity index (χ0v) is 20.4. The van der Waals surface area contributed by atoms with Crippen molar-refractivity contribution in [1.29, 1.82) is 0 Å². The first-order valence-corrected chi connectivity index (χ1v) is 11.8. The summed E-state index contributed by atoms with van der Waals surface area (Å²) in [5.74, 6) is -1.08. The van der Waals surface area contributed by atoms with Crippen molar-refractivity contribution < 1.29 is 14.5 Å². The lowest BCUT2D eigenvalue weighted by molar-refractivity contribution is -0.697. The van der Waals surface area contributed by atoms with E-state index in [2.05, 4.69) is 69.4 Å². The highest BCUT2D eigenvalue weighted by molar-refractivity contribution is 5.60. The molecule has 29 heavy (non-hydrogen) atoms. The Morgan fingerprint density at radius 2 is 1.34 bits per heavy atom. The number of aliphatic carboxylic acids is 1. The van der Waals surface area contributed by atoms with E-state index in [-0.39, 0.29) is 5.54 Å². The van der Waals surface area contributed by atoms with Gasteiger partial charge in [-0.05, 0) is 40.0 Å². The number of rotatable bonds is 14. The van der Waals surface area contributed by atoms with Crippen molar-refractivity contribution in [3.63, 3.8) is 0 Å². The summed E-state index contributed by atoms with van der Waals surface area (Å²) in [6.07, 6.45) is 22.1. The number of carboxylic acids is 1. The minimum absolute atomic E-state index is 0.144. The molecular weight excluding hydrogens is 360 g/mol. The average molecular weight is 409 g/mol. The molecule has 0 bridgehead atoms. The zero-order chi connectivity index (χ0) is 22.3. The summed E-state index contributed by atoms with van der Waals surface area (Å²) in [6, 6.07) is 0. The third-order valence-electron chi connectivity index (χ3n) is 6.65. The quantitative estimate of drug-likeness (QED) is 0.296. The van der Waals surface area contributed by atoms with E-state index >= 15 is 0 Å². The number of carboxylic acid groups (broad SMARTS) is 1. The summed E-state index contributed by atoms with van der Waals surface area (Å²) in [4.78, 5) is 8.89. The summed E-state index contributed by atoms with van der Waals surface area (Å²) >= 11 is 0. The van der Waals surface area contributed by atoms with Crippen LogP contribution in [0.15, 0.2) is 18.7 Å². The topological polar surface area (TPSA) is 48.9 Å². The molecule has 0 aliphatic carbocycles. The van der Waals surface area contributed by atoms with Gasteiger partial charge in [0.1, 0.15) is 17.9 Å². The molecule has 0 atom stereocenters. The Labute approximate surface area is 180 Å². The molecule has 4 heteroatoms. The molecule has 0 amide bonds. The van der Waals surface area contributed by atoms with Crippen molar-refractivity contribution in [3.05, 3.63) is 18.7 Å². The SMILES string of the molecule is CC(=O)[O-].CCCCCCCCCCCC[n+]1ccn(C(C)(C)C(C)(C)CC)c1. The molecule has 0 unspecified atom stereocenters. The third-order valence-corrected chi connectivity index (χ3v) is 6.65. The molecule has 4 nitrogen and oxygen atoms in total. The minimum atomic E-state index is -1.08. The lowest BCUT2D eigenvalue weighted by Crippen LogP contribution is -2.42. The first-order valence-electron chi connectivity index (χ1n) is 11.8. The predicted octanol–water partition coefficient (Wildman–Crippen LogP) is 5.62. The van der Waals surface area contributed by atoms with Gasteiger partial charge in [0.25, 0.3) is 0 Å². The van der Waals surface area contributed by atoms with Crippen LogP contribution in [0.25, 0.3) is 0 Å². The molecular formula is C25H48N2O2. The van der Waals surface area contributed by atoms with Crippen LogP contribution in [0.1, 0.15) is 119 Å². The van der Waals surface area contributed by atoms with Gasteiger partial charge in [-0.3, -0.25) is 0 Å². The molecule has 1 heterocycles. The van der Waals surface area contributed by atoms with Crippen LogP contribution in [0.4, 0.5) is 0 Å². The van der Waals surface area contributed by atoms with Gasteiger partial charge in [-0.25, -0.2) is 9.13 Å². The summed E-state index contributed by atoms with van der Waals surface area (Å²) in [5.41, 5.74) is 0.436. The van der Waals surface area contributed by atoms with Gasteiger partial charge in [0.05, 0.1) is 6.54 Å². The fourth-order valence-electron chi connectivity index (χ4n) is 3.42. The van der Waals surface area contributed by atoms with Crippen molar-refractivity contribution in [2.45, 2.75) is 131 Å². The monoisotopic (exact) mass is 408 g/mol. The molecule has 1 aromatic rings. The van der Waals surface area contributed by atoms with Crippen LogP contribution < -0.4 is 9.67 Å². The van der Waals surface area contributed by atoms with E-state index in [1.807, 2.05) is 0 Å². The Balaban J connectivity index is 0.00000178. The number of aryl methyl sites for hydroxylation is 1. The molecule has 0 N–H and O–H groups in total. The number of unbranched alkanes of at least 4 members (excludes halogenated alkanes) is 9. The second-order valence-electron chi connectivity index (χ2n) is 9.53. The normalized spacial score (nSPS) is 11.8. The summed E-state index contributed by atoms with van der Waals surface area (Å²) in [6.45, 7) is 16.2. The summed E-state index contributed by atoms with van der Waals surface area (Å²) in [7, 11) is 0. The lowest BCUT2D eigenvalue weighted by atomic mass is 9.72. The standard InChI is InChI=1S/C23H45N2.C2H4O2/c1-7-9-10-11-12-13-14-15-16-17-18-24-19-20-25(21-24)23(5,6)22(3,4)8-2;1-2(3)4/h19-21H,7-18H2,1-6H3;1H3,(H,3,4)/q+1;/p-1. The molecule has 0 spiro atoms. The molecule has 0 saturated heterocycles. The highest BCUT2D eigenvalue weighted by Crippen LogP contribution is 2.39. The Morgan fingerprint density at radius 1 is 0.897 bits per heavy atom. The maximum absolute atomic E-state index is 8.89. The molecule has 0 aromatic carbocycles. The van der Waals surface area contributed by atoms with E-state index < -0.39 is 5.97 Å². The number of hydrogen-bond acceptors (Lipinski definition) is 2. The number of hydrogen-bond donors (Lipinski definition) is 0. The largest absolute Gasteiger partial charge is 0.550 e. The second kappa shape index (κ2) is 14.6. The Bertz CT molecular complexity index is 543. The number of carbonyl (C=O) groups is 1. The van der Waals surface area contributed by atoms with Crippen LogP contribution >= 0.6 is 0 Å². The van der Waals surface area contributed by atoms with Crippen LogP contribution in [0.2, 0.25) is 0 Å². The number of aromatic nitrogens is 2. The van der Waals surface area contributed by atoms with Crippen LogP contribution in [0, 0.1) is 5.41 Å². The fourth-order valence-corrected chi connectivity index (χ4v) is 3.42. The van der Waals surface area contributed by atoms with Gasteiger partial charge in [0.15, 0.2) is 0 Å². The average Bonchev–Trinajstić information content (AvgIpc) is 3.12. The van der Waals surface area contributed by atoms with E-state index in [0.717, 1.165) is 13.5 Å². The fraction of sp³-hybridized carbons (Fsp3) is 0.840. The lowest BCUT2D eigenvalue weighted by Gasteiger charge is -2.38. The predicted molar refractivity (Wildman–Crippen MR) is 121 cm³/mol. The van der Waals surface area contributed by atoms with E-state index in [0.29, 0.717) is 5.41 Å². The van der Waals surface area contributed by atoms with Crippen molar-refractivity contribution in [2.24, 2.45) is 5.41 Å². The number of imidazole rings is 1. The first kappa shape index (κ1) is 27.7. The zero-order valence-electron chi connectivity index (χ0n) is 20.4. The molecule has 0 aliphatic rings. The van der Waals surface area contributed by atoms with Crippen molar-refractivity contribution >= 4 is 5.97 Å². The van der Waals surface area contributed by atoms with Crippen LogP contribution in [0.3, 0.4) is 0 Å². The Morgan fingerprint density at radius 3 is 1.79 bits per heavy atom. The second-order valence-corrected chi connectivity index (χ2v) is 9.53. The van der Waals surface area contributed by atoms with Crippen molar-refractivity contribution in [2.75, 3.05) is 0 Å². The van der Waals surface area contributed by atoms with Crippen LogP contribution in [-0.2, 0) is 16.9 Å². The number of nitrogens with zero attached hydrogens (tertiary/aromatic N) is 2. The van der Waals surface area contributed by atoms with Gasteiger partial charge >= 0.3 is 0 Å². The Kier molecular flexibility index (Phi) is 14.0. The molecule has 0 saturated carbocycles. The van der Waals surface area contributed by atoms with Gasteiger partial charge in [-0.2, -0.15) is 0 Å². The summed E-state index contributed by atoms with van der Waals surface area (Å²) in [5, 5.41) is 8.89. The third kappa shape index (κ3) is 11.4. The van der Waals surface area contributed by atoms with Gasteiger partial charge < -0.3 is 9.90 Å². The summed E-state index contributed by atoms with van der Waals surface area (Å²) < 4.78 is 4.78. The van der Waals surface area contributed by atoms with E-state index in [1.54, 1.807) is 0 Å². The van der Waals surface area contributed by atoms with Crippen LogP contribution in [0.5, 0.6) is 0 Å². The highest BCUT2D eigenvalue weighted by Gasteiger charge is 2.41. The van der Waals surface area contributed by atoms with Gasteiger partial charge in [0, 0.05) is 11.4 Å². The molecule has 0 fully saturated rings. The molecule has 1 rings (SSSR count). The maximum Gasteiger partial charge on any atom is 0.244 e. The van der Waals surface area contributed by atoms with Crippen molar-refractivity contribution in [1.82, 2.24) is 4.57 Å². The van der Waals surface area contributed by atoms with Gasteiger partial charge in [0.2, 0.25) is 6.33 Å². The Hall–Kier alpha value is -1.32. The smallest absolute Gasteiger partial charge is 0.244 e. The molecule has 0 radical (unpaired) electrons. The van der Waals surface area contributed by atoms with Gasteiger partial charge in [-0.1, -0.05) is 79.1 Å². The van der Waals surface area contributed by atoms with E-state index in [9.17, 15) is 0 Å².